The molecule has 0 aliphatic heterocycles. The van der Waals surface area contributed by atoms with Gasteiger partial charge in [-0.3, -0.25) is 0 Å². The third-order valence-corrected chi connectivity index (χ3v) is 5.76. The van der Waals surface area contributed by atoms with Crippen LogP contribution in [0.4, 0.5) is 9.18 Å². The quantitative estimate of drug-likeness (QED) is 0.611. The van der Waals surface area contributed by atoms with Crippen LogP contribution in [-0.2, 0) is 21.0 Å². The van der Waals surface area contributed by atoms with Crippen LogP contribution in [-0.4, -0.2) is 43.6 Å². The Morgan fingerprint density at radius 2 is 2.07 bits per heavy atom. The monoisotopic (exact) mass is 498 g/mol. The number of carbonyl (C=O) groups is 1. The van der Waals surface area contributed by atoms with Crippen LogP contribution in [0.25, 0.3) is 11.1 Å². The van der Waals surface area contributed by atoms with Gasteiger partial charge in [-0.2, -0.15) is 0 Å². The molecule has 28 heavy (non-hydrogen) atoms. The van der Waals surface area contributed by atoms with E-state index in [-0.39, 0.29) is 33.3 Å². The number of fused-ring (bicyclic) bond motifs is 1. The molecule has 0 radical (unpaired) electrons. The SMILES string of the molecule is C[C@H](F)[C@@H](Cc1oc2c(S(C)(=O)=O)cc(Cl)nc2c1Br)NC(=O)OC(C)(C)C. The molecule has 1 N–H and O–H groups in total. The summed E-state index contributed by atoms with van der Waals surface area (Å²) in [6, 6.07) is 0.219. The van der Waals surface area contributed by atoms with Crippen LogP contribution < -0.4 is 5.32 Å². The summed E-state index contributed by atoms with van der Waals surface area (Å²) >= 11 is 9.23. The van der Waals surface area contributed by atoms with Gasteiger partial charge in [0, 0.05) is 12.7 Å². The smallest absolute Gasteiger partial charge is 0.407 e. The number of alkyl halides is 1. The zero-order valence-electron chi connectivity index (χ0n) is 16.0. The number of nitrogens with zero attached hydrogens (tertiary/aromatic N) is 1. The molecular formula is C17H21BrClFN2O5S. The van der Waals surface area contributed by atoms with E-state index in [2.05, 4.69) is 26.2 Å². The van der Waals surface area contributed by atoms with E-state index in [9.17, 15) is 17.6 Å². The highest BCUT2D eigenvalue weighted by molar-refractivity contribution is 9.10. The zero-order chi connectivity index (χ0) is 21.4. The number of amides is 1. The van der Waals surface area contributed by atoms with E-state index >= 15 is 0 Å². The Kier molecular flexibility index (Phi) is 6.67. The number of carbonyl (C=O) groups excluding carboxylic acids is 1. The Morgan fingerprint density at radius 1 is 1.46 bits per heavy atom. The number of nitrogens with one attached hydrogen (secondary N) is 1. The molecule has 1 amide bonds. The van der Waals surface area contributed by atoms with Crippen molar-refractivity contribution in [2.45, 2.75) is 56.8 Å². The molecule has 0 spiro atoms. The van der Waals surface area contributed by atoms with E-state index in [4.69, 9.17) is 20.8 Å². The zero-order valence-corrected chi connectivity index (χ0v) is 19.1. The molecule has 0 fully saturated rings. The van der Waals surface area contributed by atoms with Gasteiger partial charge >= 0.3 is 6.09 Å². The first-order valence-electron chi connectivity index (χ1n) is 8.30. The Labute approximate surface area is 176 Å². The molecule has 0 aliphatic carbocycles. The fourth-order valence-electron chi connectivity index (χ4n) is 2.42. The molecule has 2 atom stereocenters. The number of alkyl carbamates (subject to hydrolysis) is 1. The maximum absolute atomic E-state index is 14.1. The molecule has 2 aromatic heterocycles. The average molecular weight is 500 g/mol. The highest BCUT2D eigenvalue weighted by atomic mass is 79.9. The molecule has 11 heteroatoms. The molecule has 2 rings (SSSR count). The van der Waals surface area contributed by atoms with E-state index < -0.39 is 33.7 Å². The minimum atomic E-state index is -3.64. The van der Waals surface area contributed by atoms with Gasteiger partial charge < -0.3 is 14.5 Å². The molecule has 0 aliphatic rings. The second-order valence-electron chi connectivity index (χ2n) is 7.37. The summed E-state index contributed by atoms with van der Waals surface area (Å²) in [6.45, 7) is 6.37. The number of furan rings is 1. The molecule has 2 aromatic rings. The molecule has 0 bridgehead atoms. The van der Waals surface area contributed by atoms with Crippen molar-refractivity contribution in [3.8, 4) is 0 Å². The number of aromatic nitrogens is 1. The van der Waals surface area contributed by atoms with Crippen molar-refractivity contribution < 1.29 is 26.8 Å². The van der Waals surface area contributed by atoms with E-state index in [1.54, 1.807) is 20.8 Å². The van der Waals surface area contributed by atoms with Gasteiger partial charge in [0.15, 0.2) is 15.4 Å². The maximum atomic E-state index is 14.1. The number of halogens is 3. The summed E-state index contributed by atoms with van der Waals surface area (Å²) in [5.74, 6) is 0.222. The van der Waals surface area contributed by atoms with E-state index in [1.165, 1.54) is 13.0 Å². The van der Waals surface area contributed by atoms with Gasteiger partial charge in [-0.05, 0) is 49.7 Å². The molecule has 0 saturated carbocycles. The van der Waals surface area contributed by atoms with Crippen LogP contribution in [0.3, 0.4) is 0 Å². The largest absolute Gasteiger partial charge is 0.457 e. The van der Waals surface area contributed by atoms with E-state index in [0.29, 0.717) is 4.47 Å². The molecular weight excluding hydrogens is 479 g/mol. The van der Waals surface area contributed by atoms with Crippen molar-refractivity contribution in [3.63, 3.8) is 0 Å². The van der Waals surface area contributed by atoms with Crippen molar-refractivity contribution >= 4 is 54.6 Å². The van der Waals surface area contributed by atoms with Crippen LogP contribution >= 0.6 is 27.5 Å². The average Bonchev–Trinajstić information content (AvgIpc) is 2.79. The number of hydrogen-bond donors (Lipinski definition) is 1. The lowest BCUT2D eigenvalue weighted by Crippen LogP contribution is -2.44. The van der Waals surface area contributed by atoms with E-state index in [1.807, 2.05) is 0 Å². The summed E-state index contributed by atoms with van der Waals surface area (Å²) in [5, 5.41) is 2.44. The summed E-state index contributed by atoms with van der Waals surface area (Å²) < 4.78 is 49.3. The van der Waals surface area contributed by atoms with Crippen molar-refractivity contribution in [1.29, 1.82) is 0 Å². The van der Waals surface area contributed by atoms with Gasteiger partial charge in [0.2, 0.25) is 0 Å². The third kappa shape index (κ3) is 5.57. The highest BCUT2D eigenvalue weighted by Gasteiger charge is 2.28. The normalized spacial score (nSPS) is 14.7. The fourth-order valence-corrected chi connectivity index (χ4v) is 3.99. The second-order valence-corrected chi connectivity index (χ2v) is 10.5. The van der Waals surface area contributed by atoms with Crippen molar-refractivity contribution in [3.05, 3.63) is 21.5 Å². The lowest BCUT2D eigenvalue weighted by Gasteiger charge is -2.24. The number of sulfone groups is 1. The highest BCUT2D eigenvalue weighted by Crippen LogP contribution is 2.35. The lowest BCUT2D eigenvalue weighted by molar-refractivity contribution is 0.0476. The van der Waals surface area contributed by atoms with Crippen LogP contribution in [0.15, 0.2) is 19.9 Å². The van der Waals surface area contributed by atoms with Gasteiger partial charge in [0.05, 0.1) is 10.5 Å². The Bertz CT molecular complexity index is 1000. The van der Waals surface area contributed by atoms with Gasteiger partial charge in [-0.25, -0.2) is 22.6 Å². The predicted molar refractivity (Wildman–Crippen MR) is 107 cm³/mol. The van der Waals surface area contributed by atoms with Crippen molar-refractivity contribution in [2.75, 3.05) is 6.26 Å². The van der Waals surface area contributed by atoms with E-state index in [0.717, 1.165) is 6.26 Å². The van der Waals surface area contributed by atoms with Crippen LogP contribution in [0, 0.1) is 0 Å². The number of ether oxygens (including phenoxy) is 1. The molecule has 7 nitrogen and oxygen atoms in total. The second kappa shape index (κ2) is 8.16. The molecule has 156 valence electrons. The van der Waals surface area contributed by atoms with Gasteiger partial charge in [-0.15, -0.1) is 0 Å². The Balaban J connectivity index is 2.41. The first-order valence-corrected chi connectivity index (χ1v) is 11.4. The van der Waals surface area contributed by atoms with Crippen LogP contribution in [0.2, 0.25) is 5.15 Å². The number of hydrogen-bond acceptors (Lipinski definition) is 6. The van der Waals surface area contributed by atoms with Crippen molar-refractivity contribution in [1.82, 2.24) is 10.3 Å². The predicted octanol–water partition coefficient (Wildman–Crippen LogP) is 4.44. The molecule has 2 heterocycles. The standard InChI is InChI=1S/C17H21BrClFN2O5S/c1-8(20)9(21-16(23)27-17(2,3)4)6-10-13(18)14-15(26-10)11(28(5,24)25)7-12(19)22-14/h7-9H,6H2,1-5H3,(H,21,23)/t8-,9+/m0/s1. The molecule has 0 unspecified atom stereocenters. The fraction of sp³-hybridized carbons (Fsp3) is 0.529. The maximum Gasteiger partial charge on any atom is 0.407 e. The Morgan fingerprint density at radius 3 is 2.57 bits per heavy atom. The summed E-state index contributed by atoms with van der Waals surface area (Å²) in [4.78, 5) is 16.0. The number of rotatable bonds is 5. The Hall–Kier alpha value is -1.39. The van der Waals surface area contributed by atoms with Gasteiger partial charge in [0.1, 0.15) is 33.1 Å². The van der Waals surface area contributed by atoms with Crippen molar-refractivity contribution in [2.24, 2.45) is 0 Å². The molecule has 0 aromatic carbocycles. The van der Waals surface area contributed by atoms with Crippen LogP contribution in [0.1, 0.15) is 33.5 Å². The first-order chi connectivity index (χ1) is 12.7. The minimum absolute atomic E-state index is 0.0105. The lowest BCUT2D eigenvalue weighted by atomic mass is 10.1. The summed E-state index contributed by atoms with van der Waals surface area (Å²) in [6.07, 6.45) is -1.25. The number of pyridine rings is 1. The first kappa shape index (κ1) is 22.9. The van der Waals surface area contributed by atoms with Gasteiger partial charge in [-0.1, -0.05) is 11.6 Å². The molecule has 0 saturated heterocycles. The third-order valence-electron chi connectivity index (χ3n) is 3.65. The van der Waals surface area contributed by atoms with Crippen LogP contribution in [0.5, 0.6) is 0 Å². The minimum Gasteiger partial charge on any atom is -0.457 e. The van der Waals surface area contributed by atoms with Gasteiger partial charge in [0.25, 0.3) is 0 Å². The summed E-state index contributed by atoms with van der Waals surface area (Å²) in [7, 11) is -3.64. The summed E-state index contributed by atoms with van der Waals surface area (Å²) in [5.41, 5.74) is -0.527. The topological polar surface area (TPSA) is 98.5 Å².